The summed E-state index contributed by atoms with van der Waals surface area (Å²) in [4.78, 5) is 11.7. The Bertz CT molecular complexity index is 2230. The molecule has 0 fully saturated rings. The molecule has 0 amide bonds. The van der Waals surface area contributed by atoms with Gasteiger partial charge in [0.05, 0.1) is 22.9 Å². The van der Waals surface area contributed by atoms with Gasteiger partial charge in [-0.3, -0.25) is 4.98 Å². The van der Waals surface area contributed by atoms with Crippen LogP contribution in [0.4, 0.5) is 0 Å². The fourth-order valence-electron chi connectivity index (χ4n) is 6.75. The molecule has 0 N–H and O–H groups in total. The number of fused-ring (bicyclic) bond motifs is 10. The zero-order valence-corrected chi connectivity index (χ0v) is 23.0. The first-order chi connectivity index (χ1) is 20.3. The van der Waals surface area contributed by atoms with Crippen molar-refractivity contribution in [1.82, 2.24) is 9.97 Å². The highest BCUT2D eigenvalue weighted by Gasteiger charge is 2.31. The molecule has 3 heteroatoms. The normalized spacial score (nSPS) is 17.5. The molecule has 0 bridgehead atoms. The van der Waals surface area contributed by atoms with Crippen LogP contribution in [-0.2, 0) is 0 Å². The van der Waals surface area contributed by atoms with Gasteiger partial charge in [0.2, 0.25) is 0 Å². The minimum atomic E-state index is 0.448. The Morgan fingerprint density at radius 1 is 0.561 bits per heavy atom. The van der Waals surface area contributed by atoms with Gasteiger partial charge in [0.25, 0.3) is 0 Å². The van der Waals surface area contributed by atoms with Gasteiger partial charge in [-0.15, -0.1) is 11.8 Å². The highest BCUT2D eigenvalue weighted by atomic mass is 32.2. The number of benzene rings is 6. The number of hydrogen-bond donors (Lipinski definition) is 0. The lowest BCUT2D eigenvalue weighted by atomic mass is 9.89. The van der Waals surface area contributed by atoms with Gasteiger partial charge in [0, 0.05) is 32.4 Å². The third-order valence-electron chi connectivity index (χ3n) is 8.65. The minimum Gasteiger partial charge on any atom is -0.252 e. The molecule has 192 valence electrons. The molecule has 1 aliphatic heterocycles. The van der Waals surface area contributed by atoms with Crippen LogP contribution < -0.4 is 0 Å². The molecule has 2 heterocycles. The first kappa shape index (κ1) is 23.0. The van der Waals surface area contributed by atoms with E-state index in [1.165, 1.54) is 43.1 Å². The third-order valence-corrected chi connectivity index (χ3v) is 10.0. The summed E-state index contributed by atoms with van der Waals surface area (Å²) in [5, 5.41) is 7.63. The monoisotopic (exact) mass is 540 g/mol. The molecule has 7 aromatic rings. The van der Waals surface area contributed by atoms with Gasteiger partial charge >= 0.3 is 0 Å². The van der Waals surface area contributed by atoms with E-state index in [0.717, 1.165) is 33.1 Å². The summed E-state index contributed by atoms with van der Waals surface area (Å²) in [6.07, 6.45) is 11.0. The maximum absolute atomic E-state index is 5.29. The average molecular weight is 541 g/mol. The second-order valence-corrected chi connectivity index (χ2v) is 12.1. The lowest BCUT2D eigenvalue weighted by Crippen LogP contribution is -2.06. The Morgan fingerprint density at radius 2 is 1.22 bits per heavy atom. The summed E-state index contributed by atoms with van der Waals surface area (Å²) in [5.41, 5.74) is 7.85. The van der Waals surface area contributed by atoms with Crippen molar-refractivity contribution in [2.24, 2.45) is 0 Å². The van der Waals surface area contributed by atoms with Gasteiger partial charge in [-0.25, -0.2) is 4.98 Å². The highest BCUT2D eigenvalue weighted by molar-refractivity contribution is 8.00. The van der Waals surface area contributed by atoms with E-state index in [-0.39, 0.29) is 0 Å². The Hall–Kier alpha value is -4.73. The van der Waals surface area contributed by atoms with Crippen LogP contribution in [0.15, 0.2) is 139 Å². The van der Waals surface area contributed by atoms with Gasteiger partial charge in [-0.2, -0.15) is 0 Å². The lowest BCUT2D eigenvalue weighted by Gasteiger charge is -2.16. The van der Waals surface area contributed by atoms with Crippen LogP contribution in [0.2, 0.25) is 0 Å². The van der Waals surface area contributed by atoms with Crippen molar-refractivity contribution in [3.8, 4) is 22.4 Å². The predicted octanol–water partition coefficient (Wildman–Crippen LogP) is 10.1. The fraction of sp³-hybridized carbons (Fsp3) is 0.0526. The van der Waals surface area contributed by atoms with Crippen LogP contribution in [0.1, 0.15) is 11.5 Å². The maximum atomic E-state index is 5.29. The van der Waals surface area contributed by atoms with Crippen LogP contribution >= 0.6 is 11.8 Å². The van der Waals surface area contributed by atoms with Crippen molar-refractivity contribution < 1.29 is 0 Å². The first-order valence-corrected chi connectivity index (χ1v) is 15.0. The molecule has 0 saturated carbocycles. The van der Waals surface area contributed by atoms with Gasteiger partial charge in [-0.1, -0.05) is 115 Å². The Balaban J connectivity index is 1.23. The van der Waals surface area contributed by atoms with Crippen molar-refractivity contribution in [2.45, 2.75) is 16.1 Å². The molecule has 0 radical (unpaired) electrons. The standard InChI is InChI=1S/C38H24N2S/c1-3-12-31-27(9-1)28-10-2-4-13-32(28)38-37(31)39-22-34(40-38)29-17-8-15-25-24(14-7-16-26(25)29)23-19-20-36-33(21-23)30-11-5-6-18-35(30)41-36/h1-22,30,35H. The summed E-state index contributed by atoms with van der Waals surface area (Å²) < 4.78 is 0. The van der Waals surface area contributed by atoms with Crippen molar-refractivity contribution >= 4 is 55.1 Å². The molecule has 41 heavy (non-hydrogen) atoms. The maximum Gasteiger partial charge on any atom is 0.0979 e. The summed E-state index contributed by atoms with van der Waals surface area (Å²) >= 11 is 1.98. The highest BCUT2D eigenvalue weighted by Crippen LogP contribution is 2.49. The van der Waals surface area contributed by atoms with E-state index >= 15 is 0 Å². The summed E-state index contributed by atoms with van der Waals surface area (Å²) in [7, 11) is 0. The van der Waals surface area contributed by atoms with E-state index < -0.39 is 0 Å². The van der Waals surface area contributed by atoms with Crippen LogP contribution in [0.3, 0.4) is 0 Å². The van der Waals surface area contributed by atoms with Crippen LogP contribution in [0, 0.1) is 0 Å². The van der Waals surface area contributed by atoms with Crippen LogP contribution in [0.25, 0.3) is 65.7 Å². The largest absolute Gasteiger partial charge is 0.252 e. The quantitative estimate of drug-likeness (QED) is 0.204. The van der Waals surface area contributed by atoms with E-state index in [1.807, 2.05) is 18.0 Å². The molecule has 1 aliphatic carbocycles. The molecule has 0 spiro atoms. The van der Waals surface area contributed by atoms with Crippen molar-refractivity contribution in [1.29, 1.82) is 0 Å². The van der Waals surface area contributed by atoms with Gasteiger partial charge in [0.1, 0.15) is 0 Å². The van der Waals surface area contributed by atoms with E-state index in [1.54, 1.807) is 0 Å². The minimum absolute atomic E-state index is 0.448. The van der Waals surface area contributed by atoms with Crippen LogP contribution in [-0.4, -0.2) is 15.2 Å². The predicted molar refractivity (Wildman–Crippen MR) is 174 cm³/mol. The fourth-order valence-corrected chi connectivity index (χ4v) is 8.07. The number of aromatic nitrogens is 2. The van der Waals surface area contributed by atoms with E-state index in [4.69, 9.17) is 9.97 Å². The molecule has 2 atom stereocenters. The molecule has 6 aromatic carbocycles. The SMILES string of the molecule is C1=CC2Sc3ccc(-c4cccc5c(-c6cnc7c8ccccc8c8ccccc8c7n6)cccc45)cc3C2C=C1. The number of nitrogens with zero attached hydrogens (tertiary/aromatic N) is 2. The van der Waals surface area contributed by atoms with E-state index in [2.05, 4.69) is 127 Å². The zero-order valence-electron chi connectivity index (χ0n) is 22.2. The van der Waals surface area contributed by atoms with E-state index in [0.29, 0.717) is 11.2 Å². The molecule has 9 rings (SSSR count). The zero-order chi connectivity index (χ0) is 26.9. The smallest absolute Gasteiger partial charge is 0.0979 e. The number of thioether (sulfide) groups is 1. The number of hydrogen-bond acceptors (Lipinski definition) is 3. The van der Waals surface area contributed by atoms with Crippen LogP contribution in [0.5, 0.6) is 0 Å². The van der Waals surface area contributed by atoms with Gasteiger partial charge in [-0.05, 0) is 50.4 Å². The van der Waals surface area contributed by atoms with Gasteiger partial charge < -0.3 is 0 Å². The molecule has 0 saturated heterocycles. The lowest BCUT2D eigenvalue weighted by molar-refractivity contribution is 0.881. The van der Waals surface area contributed by atoms with Gasteiger partial charge in [0.15, 0.2) is 0 Å². The van der Waals surface area contributed by atoms with Crippen molar-refractivity contribution in [3.05, 3.63) is 139 Å². The molecule has 2 unspecified atom stereocenters. The Labute approximate surface area is 242 Å². The summed E-state index contributed by atoms with van der Waals surface area (Å²) in [5.74, 6) is 0.448. The Morgan fingerprint density at radius 3 is 2.02 bits per heavy atom. The average Bonchev–Trinajstić information content (AvgIpc) is 3.42. The van der Waals surface area contributed by atoms with Crippen molar-refractivity contribution in [3.63, 3.8) is 0 Å². The second kappa shape index (κ2) is 8.89. The Kier molecular flexibility index (Phi) is 4.99. The molecular formula is C38H24N2S. The van der Waals surface area contributed by atoms with Crippen molar-refractivity contribution in [2.75, 3.05) is 0 Å². The molecule has 2 nitrogen and oxygen atoms in total. The second-order valence-electron chi connectivity index (χ2n) is 10.9. The number of allylic oxidation sites excluding steroid dienone is 3. The topological polar surface area (TPSA) is 25.8 Å². The molecule has 1 aromatic heterocycles. The molecular weight excluding hydrogens is 516 g/mol. The number of rotatable bonds is 2. The first-order valence-electron chi connectivity index (χ1n) is 14.1. The molecule has 2 aliphatic rings. The summed E-state index contributed by atoms with van der Waals surface area (Å²) in [6.45, 7) is 0. The third kappa shape index (κ3) is 3.46. The summed E-state index contributed by atoms with van der Waals surface area (Å²) in [6, 6.07) is 37.2. The van der Waals surface area contributed by atoms with E-state index in [9.17, 15) is 0 Å².